The van der Waals surface area contributed by atoms with E-state index < -0.39 is 0 Å². The van der Waals surface area contributed by atoms with E-state index >= 15 is 0 Å². The predicted molar refractivity (Wildman–Crippen MR) is 86.4 cm³/mol. The van der Waals surface area contributed by atoms with Gasteiger partial charge in [-0.15, -0.1) is 0 Å². The summed E-state index contributed by atoms with van der Waals surface area (Å²) in [4.78, 5) is 16.9. The summed E-state index contributed by atoms with van der Waals surface area (Å²) >= 11 is 0. The van der Waals surface area contributed by atoms with E-state index in [1.54, 1.807) is 13.3 Å². The number of anilines is 1. The molecule has 0 saturated heterocycles. The molecule has 0 unspecified atom stereocenters. The van der Waals surface area contributed by atoms with E-state index in [0.29, 0.717) is 5.56 Å². The standard InChI is InChI=1S/C17H17N3O2/c1-3-20-11-15(14-5-4-10-18-16(14)20)17(21)19-12-6-8-13(22-2)9-7-12/h4-11H,3H2,1-2H3,(H,19,21). The quantitative estimate of drug-likeness (QED) is 0.803. The van der Waals surface area contributed by atoms with Gasteiger partial charge in [-0.2, -0.15) is 0 Å². The largest absolute Gasteiger partial charge is 0.497 e. The molecule has 0 fully saturated rings. The van der Waals surface area contributed by atoms with Crippen molar-refractivity contribution >= 4 is 22.6 Å². The summed E-state index contributed by atoms with van der Waals surface area (Å²) in [5.41, 5.74) is 2.18. The second kappa shape index (κ2) is 5.89. The lowest BCUT2D eigenvalue weighted by molar-refractivity contribution is 0.102. The molecule has 1 aromatic carbocycles. The van der Waals surface area contributed by atoms with Crippen LogP contribution in [0.25, 0.3) is 11.0 Å². The molecule has 3 rings (SSSR count). The number of hydrogen-bond donors (Lipinski definition) is 1. The fourth-order valence-corrected chi connectivity index (χ4v) is 2.42. The van der Waals surface area contributed by atoms with E-state index in [0.717, 1.165) is 29.0 Å². The van der Waals surface area contributed by atoms with E-state index in [2.05, 4.69) is 10.3 Å². The van der Waals surface area contributed by atoms with Crippen LogP contribution in [0.1, 0.15) is 17.3 Å². The number of pyridine rings is 1. The van der Waals surface area contributed by atoms with Crippen LogP contribution in [-0.2, 0) is 6.54 Å². The second-order valence-corrected chi connectivity index (χ2v) is 4.89. The van der Waals surface area contributed by atoms with E-state index in [-0.39, 0.29) is 5.91 Å². The molecule has 5 heteroatoms. The third-order valence-corrected chi connectivity index (χ3v) is 3.57. The van der Waals surface area contributed by atoms with Crippen LogP contribution in [0.5, 0.6) is 5.75 Å². The number of amides is 1. The molecule has 22 heavy (non-hydrogen) atoms. The number of carbonyl (C=O) groups is 1. The lowest BCUT2D eigenvalue weighted by Crippen LogP contribution is -2.11. The van der Waals surface area contributed by atoms with E-state index in [4.69, 9.17) is 4.74 Å². The van der Waals surface area contributed by atoms with Gasteiger partial charge in [0.05, 0.1) is 12.7 Å². The normalized spacial score (nSPS) is 10.6. The minimum Gasteiger partial charge on any atom is -0.497 e. The zero-order valence-corrected chi connectivity index (χ0v) is 12.5. The van der Waals surface area contributed by atoms with Crippen LogP contribution in [0.4, 0.5) is 5.69 Å². The third-order valence-electron chi connectivity index (χ3n) is 3.57. The summed E-state index contributed by atoms with van der Waals surface area (Å²) < 4.78 is 7.08. The number of methoxy groups -OCH3 is 1. The maximum atomic E-state index is 12.5. The van der Waals surface area contributed by atoms with Gasteiger partial charge in [0.25, 0.3) is 5.91 Å². The van der Waals surface area contributed by atoms with Crippen molar-refractivity contribution < 1.29 is 9.53 Å². The van der Waals surface area contributed by atoms with Gasteiger partial charge in [0.15, 0.2) is 0 Å². The molecule has 5 nitrogen and oxygen atoms in total. The molecule has 2 heterocycles. The fourth-order valence-electron chi connectivity index (χ4n) is 2.42. The average molecular weight is 295 g/mol. The molecule has 1 N–H and O–H groups in total. The Morgan fingerprint density at radius 2 is 2.05 bits per heavy atom. The topological polar surface area (TPSA) is 56.2 Å². The van der Waals surface area contributed by atoms with Crippen molar-refractivity contribution in [2.45, 2.75) is 13.5 Å². The Labute approximate surface area is 128 Å². The van der Waals surface area contributed by atoms with Gasteiger partial charge in [0.2, 0.25) is 0 Å². The van der Waals surface area contributed by atoms with Crippen LogP contribution in [0.15, 0.2) is 48.8 Å². The number of fused-ring (bicyclic) bond motifs is 1. The highest BCUT2D eigenvalue weighted by atomic mass is 16.5. The van der Waals surface area contributed by atoms with Crippen molar-refractivity contribution in [2.75, 3.05) is 12.4 Å². The predicted octanol–water partition coefficient (Wildman–Crippen LogP) is 3.32. The monoisotopic (exact) mass is 295 g/mol. The summed E-state index contributed by atoms with van der Waals surface area (Å²) in [5, 5.41) is 3.76. The Bertz CT molecular complexity index is 806. The average Bonchev–Trinajstić information content (AvgIpc) is 2.94. The Balaban J connectivity index is 1.91. The summed E-state index contributed by atoms with van der Waals surface area (Å²) in [6, 6.07) is 11.0. The first-order valence-corrected chi connectivity index (χ1v) is 7.12. The highest BCUT2D eigenvalue weighted by molar-refractivity contribution is 6.12. The van der Waals surface area contributed by atoms with Gasteiger partial charge in [-0.25, -0.2) is 4.98 Å². The number of rotatable bonds is 4. The van der Waals surface area contributed by atoms with Crippen molar-refractivity contribution in [1.29, 1.82) is 0 Å². The number of nitrogens with zero attached hydrogens (tertiary/aromatic N) is 2. The van der Waals surface area contributed by atoms with Crippen LogP contribution >= 0.6 is 0 Å². The van der Waals surface area contributed by atoms with E-state index in [1.807, 2.05) is 54.1 Å². The maximum Gasteiger partial charge on any atom is 0.257 e. The number of hydrogen-bond acceptors (Lipinski definition) is 3. The lowest BCUT2D eigenvalue weighted by Gasteiger charge is -2.05. The van der Waals surface area contributed by atoms with Crippen LogP contribution in [0.2, 0.25) is 0 Å². The smallest absolute Gasteiger partial charge is 0.257 e. The zero-order chi connectivity index (χ0) is 15.5. The molecule has 0 atom stereocenters. The molecule has 2 aromatic heterocycles. The van der Waals surface area contributed by atoms with Gasteiger partial charge in [-0.05, 0) is 43.3 Å². The number of nitrogens with one attached hydrogen (secondary N) is 1. The molecule has 0 aliphatic rings. The SMILES string of the molecule is CCn1cc(C(=O)Nc2ccc(OC)cc2)c2cccnc21. The first-order chi connectivity index (χ1) is 10.7. The van der Waals surface area contributed by atoms with Crippen molar-refractivity contribution in [3.8, 4) is 5.75 Å². The molecule has 0 aliphatic carbocycles. The van der Waals surface area contributed by atoms with Gasteiger partial charge < -0.3 is 14.6 Å². The number of aromatic nitrogens is 2. The first kappa shape index (κ1) is 14.1. The number of carbonyl (C=O) groups excluding carboxylic acids is 1. The van der Waals surface area contributed by atoms with Gasteiger partial charge >= 0.3 is 0 Å². The van der Waals surface area contributed by atoms with Crippen molar-refractivity contribution in [3.05, 3.63) is 54.4 Å². The Morgan fingerprint density at radius 1 is 1.27 bits per heavy atom. The molecule has 0 aliphatic heterocycles. The van der Waals surface area contributed by atoms with Gasteiger partial charge in [-0.1, -0.05) is 0 Å². The molecule has 0 saturated carbocycles. The summed E-state index contributed by atoms with van der Waals surface area (Å²) in [6.45, 7) is 2.79. The molecule has 0 bridgehead atoms. The summed E-state index contributed by atoms with van der Waals surface area (Å²) in [7, 11) is 1.61. The highest BCUT2D eigenvalue weighted by Gasteiger charge is 2.15. The summed E-state index contributed by atoms with van der Waals surface area (Å²) in [5.74, 6) is 0.611. The number of benzene rings is 1. The minimum atomic E-state index is -0.143. The Kier molecular flexibility index (Phi) is 3.78. The molecular formula is C17H17N3O2. The molecule has 1 amide bonds. The summed E-state index contributed by atoms with van der Waals surface area (Å²) in [6.07, 6.45) is 3.58. The Hall–Kier alpha value is -2.82. The molecule has 0 radical (unpaired) electrons. The Morgan fingerprint density at radius 3 is 2.73 bits per heavy atom. The van der Waals surface area contributed by atoms with Crippen LogP contribution < -0.4 is 10.1 Å². The van der Waals surface area contributed by atoms with Crippen molar-refractivity contribution in [2.24, 2.45) is 0 Å². The second-order valence-electron chi connectivity index (χ2n) is 4.89. The fraction of sp³-hybridized carbons (Fsp3) is 0.176. The molecular weight excluding hydrogens is 278 g/mol. The van der Waals surface area contributed by atoms with Gasteiger partial charge in [0, 0.05) is 30.0 Å². The van der Waals surface area contributed by atoms with Gasteiger partial charge in [-0.3, -0.25) is 4.79 Å². The van der Waals surface area contributed by atoms with Crippen LogP contribution in [-0.4, -0.2) is 22.6 Å². The number of aryl methyl sites for hydroxylation is 1. The van der Waals surface area contributed by atoms with E-state index in [1.165, 1.54) is 0 Å². The molecule has 3 aromatic rings. The first-order valence-electron chi connectivity index (χ1n) is 7.12. The minimum absolute atomic E-state index is 0.143. The maximum absolute atomic E-state index is 12.5. The van der Waals surface area contributed by atoms with E-state index in [9.17, 15) is 4.79 Å². The van der Waals surface area contributed by atoms with Gasteiger partial charge in [0.1, 0.15) is 11.4 Å². The zero-order valence-electron chi connectivity index (χ0n) is 12.5. The van der Waals surface area contributed by atoms with Crippen molar-refractivity contribution in [3.63, 3.8) is 0 Å². The van der Waals surface area contributed by atoms with Crippen LogP contribution in [0, 0.1) is 0 Å². The highest BCUT2D eigenvalue weighted by Crippen LogP contribution is 2.21. The molecule has 112 valence electrons. The van der Waals surface area contributed by atoms with Crippen molar-refractivity contribution in [1.82, 2.24) is 9.55 Å². The molecule has 0 spiro atoms. The lowest BCUT2D eigenvalue weighted by atomic mass is 10.2. The number of ether oxygens (including phenoxy) is 1. The van der Waals surface area contributed by atoms with Crippen LogP contribution in [0.3, 0.4) is 0 Å². The third kappa shape index (κ3) is 2.53.